The third kappa shape index (κ3) is 5.17. The summed E-state index contributed by atoms with van der Waals surface area (Å²) in [6, 6.07) is 11.0. The lowest BCUT2D eigenvalue weighted by Crippen LogP contribution is -2.45. The maximum Gasteiger partial charge on any atom is 0.247 e. The number of hydrogen-bond acceptors (Lipinski definition) is 4. The van der Waals surface area contributed by atoms with Crippen molar-refractivity contribution in [1.29, 1.82) is 0 Å². The monoisotopic (exact) mass is 388 g/mol. The number of sulfonamides is 1. The molecule has 2 rings (SSSR count). The molecule has 0 heterocycles. The maximum absolute atomic E-state index is 12.7. The Morgan fingerprint density at radius 3 is 2.15 bits per heavy atom. The van der Waals surface area contributed by atoms with Crippen LogP contribution in [0.25, 0.3) is 0 Å². The molecule has 0 bridgehead atoms. The van der Waals surface area contributed by atoms with E-state index in [9.17, 15) is 18.0 Å². The lowest BCUT2D eigenvalue weighted by atomic mass is 10.1. The average molecular weight is 388 g/mol. The third-order valence-electron chi connectivity index (χ3n) is 4.09. The zero-order valence-corrected chi connectivity index (χ0v) is 16.9. The Morgan fingerprint density at radius 2 is 1.63 bits per heavy atom. The number of nitrogens with one attached hydrogen (secondary N) is 1. The van der Waals surface area contributed by atoms with Gasteiger partial charge in [-0.05, 0) is 63.1 Å². The van der Waals surface area contributed by atoms with Crippen molar-refractivity contribution in [3.63, 3.8) is 0 Å². The number of rotatable bonds is 6. The van der Waals surface area contributed by atoms with Crippen LogP contribution in [-0.2, 0) is 14.8 Å². The summed E-state index contributed by atoms with van der Waals surface area (Å²) < 4.78 is 25.9. The molecule has 0 fully saturated rings. The molecule has 2 aromatic carbocycles. The number of Topliss-reactive ketones (excluding diaryl/α,β-unsaturated/α-hetero) is 1. The summed E-state index contributed by atoms with van der Waals surface area (Å²) in [6.45, 7) is 6.71. The second-order valence-corrected chi connectivity index (χ2v) is 8.57. The van der Waals surface area contributed by atoms with Gasteiger partial charge in [-0.3, -0.25) is 13.9 Å². The number of aryl methyl sites for hydroxylation is 2. The Balaban J connectivity index is 2.35. The van der Waals surface area contributed by atoms with Gasteiger partial charge in [0.25, 0.3) is 0 Å². The average Bonchev–Trinajstić information content (AvgIpc) is 2.52. The summed E-state index contributed by atoms with van der Waals surface area (Å²) in [5.74, 6) is -0.604. The summed E-state index contributed by atoms with van der Waals surface area (Å²) in [4.78, 5) is 24.2. The molecular weight excluding hydrogens is 364 g/mol. The van der Waals surface area contributed by atoms with E-state index in [1.165, 1.54) is 13.8 Å². The first-order valence-corrected chi connectivity index (χ1v) is 10.3. The number of amides is 1. The number of nitrogens with zero attached hydrogens (tertiary/aromatic N) is 1. The molecule has 0 saturated carbocycles. The largest absolute Gasteiger partial charge is 0.324 e. The van der Waals surface area contributed by atoms with Crippen LogP contribution in [0.3, 0.4) is 0 Å². The highest BCUT2D eigenvalue weighted by Crippen LogP contribution is 2.24. The van der Waals surface area contributed by atoms with Gasteiger partial charge in [-0.15, -0.1) is 0 Å². The molecular formula is C20H24N2O4S. The molecule has 2 aromatic rings. The SMILES string of the molecule is CC(=O)c1cccc(NC(=O)C(C)N(c2cc(C)cc(C)c2)S(C)(=O)=O)c1. The van der Waals surface area contributed by atoms with Gasteiger partial charge in [-0.1, -0.05) is 18.2 Å². The van der Waals surface area contributed by atoms with Gasteiger partial charge in [-0.25, -0.2) is 8.42 Å². The summed E-state index contributed by atoms with van der Waals surface area (Å²) in [5, 5.41) is 2.69. The van der Waals surface area contributed by atoms with Crippen LogP contribution in [0.4, 0.5) is 11.4 Å². The number of anilines is 2. The first-order chi connectivity index (χ1) is 12.5. The van der Waals surface area contributed by atoms with Crippen molar-refractivity contribution in [2.24, 2.45) is 0 Å². The van der Waals surface area contributed by atoms with Crippen molar-refractivity contribution >= 4 is 33.1 Å². The van der Waals surface area contributed by atoms with E-state index in [-0.39, 0.29) is 5.78 Å². The van der Waals surface area contributed by atoms with E-state index < -0.39 is 22.0 Å². The molecule has 0 aliphatic heterocycles. The van der Waals surface area contributed by atoms with Gasteiger partial charge in [0.2, 0.25) is 15.9 Å². The van der Waals surface area contributed by atoms with Gasteiger partial charge in [0.05, 0.1) is 11.9 Å². The van der Waals surface area contributed by atoms with E-state index in [0.29, 0.717) is 16.9 Å². The van der Waals surface area contributed by atoms with Crippen molar-refractivity contribution in [3.8, 4) is 0 Å². The molecule has 0 saturated heterocycles. The summed E-state index contributed by atoms with van der Waals surface area (Å²) in [7, 11) is -3.69. The number of carbonyl (C=O) groups excluding carboxylic acids is 2. The smallest absolute Gasteiger partial charge is 0.247 e. The third-order valence-corrected chi connectivity index (χ3v) is 5.33. The number of carbonyl (C=O) groups is 2. The Hall–Kier alpha value is -2.67. The van der Waals surface area contributed by atoms with E-state index in [1.807, 2.05) is 19.9 Å². The lowest BCUT2D eigenvalue weighted by Gasteiger charge is -2.28. The molecule has 27 heavy (non-hydrogen) atoms. The molecule has 0 aliphatic rings. The van der Waals surface area contributed by atoms with E-state index in [1.54, 1.807) is 36.4 Å². The predicted octanol–water partition coefficient (Wildman–Crippen LogP) is 3.30. The fourth-order valence-electron chi connectivity index (χ4n) is 2.95. The zero-order chi connectivity index (χ0) is 20.4. The van der Waals surface area contributed by atoms with Crippen LogP contribution >= 0.6 is 0 Å². The van der Waals surface area contributed by atoms with E-state index in [2.05, 4.69) is 5.32 Å². The van der Waals surface area contributed by atoms with Crippen LogP contribution in [-0.4, -0.2) is 32.4 Å². The second kappa shape index (κ2) is 7.92. The van der Waals surface area contributed by atoms with E-state index in [4.69, 9.17) is 0 Å². The van der Waals surface area contributed by atoms with Crippen molar-refractivity contribution < 1.29 is 18.0 Å². The van der Waals surface area contributed by atoms with Crippen LogP contribution in [0.5, 0.6) is 0 Å². The molecule has 1 unspecified atom stereocenters. The quantitative estimate of drug-likeness (QED) is 0.770. The lowest BCUT2D eigenvalue weighted by molar-refractivity contribution is -0.116. The van der Waals surface area contributed by atoms with Gasteiger partial charge in [0, 0.05) is 11.3 Å². The molecule has 6 nitrogen and oxygen atoms in total. The van der Waals surface area contributed by atoms with Crippen LogP contribution in [0, 0.1) is 13.8 Å². The number of hydrogen-bond donors (Lipinski definition) is 1. The zero-order valence-electron chi connectivity index (χ0n) is 16.1. The van der Waals surface area contributed by atoms with Gasteiger partial charge >= 0.3 is 0 Å². The standard InChI is InChI=1S/C20H24N2O4S/c1-13-9-14(2)11-19(10-13)22(27(5,25)26)15(3)20(24)21-18-8-6-7-17(12-18)16(4)23/h6-12,15H,1-5H3,(H,21,24). The Bertz CT molecular complexity index is 963. The normalized spacial score (nSPS) is 12.3. The fraction of sp³-hybridized carbons (Fsp3) is 0.300. The van der Waals surface area contributed by atoms with Crippen molar-refractivity contribution in [3.05, 3.63) is 59.2 Å². The predicted molar refractivity (Wildman–Crippen MR) is 108 cm³/mol. The van der Waals surface area contributed by atoms with Gasteiger partial charge < -0.3 is 5.32 Å². The van der Waals surface area contributed by atoms with Gasteiger partial charge in [0.15, 0.2) is 5.78 Å². The highest BCUT2D eigenvalue weighted by molar-refractivity contribution is 7.92. The molecule has 0 aromatic heterocycles. The first kappa shape index (κ1) is 20.6. The minimum atomic E-state index is -3.69. The highest BCUT2D eigenvalue weighted by atomic mass is 32.2. The van der Waals surface area contributed by atoms with Crippen LogP contribution in [0.15, 0.2) is 42.5 Å². The van der Waals surface area contributed by atoms with Gasteiger partial charge in [-0.2, -0.15) is 0 Å². The first-order valence-electron chi connectivity index (χ1n) is 8.48. The number of ketones is 1. The summed E-state index contributed by atoms with van der Waals surface area (Å²) in [6.07, 6.45) is 1.07. The second-order valence-electron chi connectivity index (χ2n) is 6.71. The summed E-state index contributed by atoms with van der Waals surface area (Å²) in [5.41, 5.74) is 3.15. The van der Waals surface area contributed by atoms with Gasteiger partial charge in [0.1, 0.15) is 6.04 Å². The molecule has 0 aliphatic carbocycles. The Kier molecular flexibility index (Phi) is 6.05. The van der Waals surface area contributed by atoms with Crippen LogP contribution in [0.2, 0.25) is 0 Å². The van der Waals surface area contributed by atoms with Crippen molar-refractivity contribution in [1.82, 2.24) is 0 Å². The molecule has 0 radical (unpaired) electrons. The molecule has 144 valence electrons. The fourth-order valence-corrected chi connectivity index (χ4v) is 4.11. The highest BCUT2D eigenvalue weighted by Gasteiger charge is 2.29. The minimum Gasteiger partial charge on any atom is -0.324 e. The van der Waals surface area contributed by atoms with Crippen LogP contribution in [0.1, 0.15) is 35.3 Å². The number of benzene rings is 2. The molecule has 0 spiro atoms. The Labute approximate surface area is 160 Å². The Morgan fingerprint density at radius 1 is 1.04 bits per heavy atom. The maximum atomic E-state index is 12.7. The molecule has 1 atom stereocenters. The summed E-state index contributed by atoms with van der Waals surface area (Å²) >= 11 is 0. The molecule has 7 heteroatoms. The minimum absolute atomic E-state index is 0.118. The van der Waals surface area contributed by atoms with Crippen molar-refractivity contribution in [2.75, 3.05) is 15.9 Å². The van der Waals surface area contributed by atoms with Crippen LogP contribution < -0.4 is 9.62 Å². The van der Waals surface area contributed by atoms with Crippen molar-refractivity contribution in [2.45, 2.75) is 33.7 Å². The topological polar surface area (TPSA) is 83.6 Å². The van der Waals surface area contributed by atoms with E-state index in [0.717, 1.165) is 21.7 Å². The van der Waals surface area contributed by atoms with E-state index >= 15 is 0 Å². The molecule has 1 N–H and O–H groups in total. The molecule has 1 amide bonds.